The van der Waals surface area contributed by atoms with Gasteiger partial charge in [0.25, 0.3) is 5.91 Å². The summed E-state index contributed by atoms with van der Waals surface area (Å²) in [6.45, 7) is 3.30. The van der Waals surface area contributed by atoms with Crippen molar-refractivity contribution in [1.29, 1.82) is 0 Å². The van der Waals surface area contributed by atoms with E-state index in [1.165, 1.54) is 5.56 Å². The highest BCUT2D eigenvalue weighted by Crippen LogP contribution is 2.30. The molecule has 0 radical (unpaired) electrons. The number of hydrogen-bond acceptors (Lipinski definition) is 8. The monoisotopic (exact) mass is 825 g/mol. The fourth-order valence-corrected chi connectivity index (χ4v) is 8.70. The first-order valence-electron chi connectivity index (χ1n) is 21.2. The molecule has 4 aromatic carbocycles. The molecule has 61 heavy (non-hydrogen) atoms. The van der Waals surface area contributed by atoms with Crippen LogP contribution in [0.1, 0.15) is 78.4 Å². The molecule has 2 aliphatic rings. The van der Waals surface area contributed by atoms with Gasteiger partial charge in [0.1, 0.15) is 6.04 Å². The average molecular weight is 826 g/mol. The molecule has 0 bridgehead atoms. The maximum Gasteiger partial charge on any atom is 0.404 e. The van der Waals surface area contributed by atoms with Crippen molar-refractivity contribution in [1.82, 2.24) is 41.5 Å². The largest absolute Gasteiger partial charge is 0.465 e. The number of anilines is 1. The van der Waals surface area contributed by atoms with Crippen LogP contribution in [0.25, 0.3) is 22.5 Å². The Morgan fingerprint density at radius 3 is 2.18 bits per heavy atom. The number of carbonyl (C=O) groups excluding carboxylic acids is 3. The third-order valence-corrected chi connectivity index (χ3v) is 12.3. The van der Waals surface area contributed by atoms with E-state index in [4.69, 9.17) is 5.11 Å². The van der Waals surface area contributed by atoms with Crippen molar-refractivity contribution >= 4 is 29.5 Å². The Hall–Kier alpha value is -6.41. The maximum atomic E-state index is 13.8. The van der Waals surface area contributed by atoms with Gasteiger partial charge in [0.2, 0.25) is 11.8 Å². The zero-order valence-electron chi connectivity index (χ0n) is 34.8. The van der Waals surface area contributed by atoms with Crippen molar-refractivity contribution in [2.45, 2.75) is 89.4 Å². The molecule has 14 heteroatoms. The molecule has 4 amide bonds. The topological polar surface area (TPSA) is 194 Å². The van der Waals surface area contributed by atoms with Crippen LogP contribution >= 0.6 is 0 Å². The lowest BCUT2D eigenvalue weighted by atomic mass is 9.81. The Bertz CT molecular complexity index is 2230. The fraction of sp³-hybridized carbons (Fsp3) is 0.383. The minimum Gasteiger partial charge on any atom is -0.465 e. The lowest BCUT2D eigenvalue weighted by Crippen LogP contribution is -2.48. The second-order valence-corrected chi connectivity index (χ2v) is 16.6. The second kappa shape index (κ2) is 20.2. The second-order valence-electron chi connectivity index (χ2n) is 16.6. The highest BCUT2D eigenvalue weighted by molar-refractivity contribution is 5.98. The molecule has 2 saturated carbocycles. The van der Waals surface area contributed by atoms with E-state index in [9.17, 15) is 19.2 Å². The molecule has 1 heterocycles. The van der Waals surface area contributed by atoms with Crippen LogP contribution in [0.15, 0.2) is 97.1 Å². The Balaban J connectivity index is 0.961. The van der Waals surface area contributed by atoms with Crippen LogP contribution in [0.4, 0.5) is 10.5 Å². The number of H-pyrrole nitrogens is 1. The molecule has 0 aliphatic heterocycles. The van der Waals surface area contributed by atoms with Crippen LogP contribution in [-0.2, 0) is 22.6 Å². The van der Waals surface area contributed by atoms with E-state index >= 15 is 0 Å². The first-order chi connectivity index (χ1) is 29.6. The van der Waals surface area contributed by atoms with E-state index in [-0.39, 0.29) is 42.0 Å². The molecule has 7 rings (SSSR count). The van der Waals surface area contributed by atoms with Gasteiger partial charge in [-0.2, -0.15) is 0 Å². The van der Waals surface area contributed by atoms with E-state index < -0.39 is 12.1 Å². The predicted octanol–water partition coefficient (Wildman–Crippen LogP) is 6.76. The smallest absolute Gasteiger partial charge is 0.404 e. The van der Waals surface area contributed by atoms with E-state index in [0.717, 1.165) is 72.9 Å². The highest BCUT2D eigenvalue weighted by Gasteiger charge is 2.30. The van der Waals surface area contributed by atoms with Gasteiger partial charge in [-0.1, -0.05) is 60.7 Å². The minimum absolute atomic E-state index is 0.0521. The summed E-state index contributed by atoms with van der Waals surface area (Å²) in [5.41, 5.74) is 7.11. The number of carboxylic acid groups (broad SMARTS) is 1. The molecule has 1 atom stereocenters. The summed E-state index contributed by atoms with van der Waals surface area (Å²) in [7, 11) is 2.19. The molecule has 5 aromatic rings. The third-order valence-electron chi connectivity index (χ3n) is 12.3. The highest BCUT2D eigenvalue weighted by atomic mass is 16.4. The minimum atomic E-state index is -1.05. The number of aryl methyl sites for hydroxylation is 1. The van der Waals surface area contributed by atoms with Gasteiger partial charge in [-0.15, -0.1) is 5.10 Å². The van der Waals surface area contributed by atoms with Crippen LogP contribution in [0, 0.1) is 18.8 Å². The van der Waals surface area contributed by atoms with Crippen molar-refractivity contribution in [3.63, 3.8) is 0 Å². The summed E-state index contributed by atoms with van der Waals surface area (Å²) in [4.78, 5) is 54.2. The number of aromatic nitrogens is 4. The molecule has 0 saturated heterocycles. The quantitative estimate of drug-likeness (QED) is 0.0662. The van der Waals surface area contributed by atoms with Gasteiger partial charge < -0.3 is 26.4 Å². The Morgan fingerprint density at radius 1 is 0.820 bits per heavy atom. The SMILES string of the molecule is Cc1cc(C(=O)N[C@H]2CC[C@H](N(C)Cc3ccccc3)CC2)ccc1-c1ccc(C[C@H](NC(=O)C2CCC(CNC(=O)O)CC2)C(=O)Nc2ccc(-c3nnn[nH]3)cc2)cc1. The number of tetrazole rings is 1. The first-order valence-corrected chi connectivity index (χ1v) is 21.2. The lowest BCUT2D eigenvalue weighted by molar-refractivity contribution is -0.130. The normalized spacial score (nSPS) is 19.4. The number of nitrogens with zero attached hydrogens (tertiary/aromatic N) is 4. The Morgan fingerprint density at radius 2 is 1.52 bits per heavy atom. The van der Waals surface area contributed by atoms with Gasteiger partial charge in [0, 0.05) is 54.3 Å². The molecular weight excluding hydrogens is 771 g/mol. The van der Waals surface area contributed by atoms with E-state index in [1.54, 1.807) is 24.3 Å². The van der Waals surface area contributed by atoms with E-state index in [2.05, 4.69) is 78.1 Å². The van der Waals surface area contributed by atoms with Crippen LogP contribution in [-0.4, -0.2) is 86.2 Å². The van der Waals surface area contributed by atoms with E-state index in [0.29, 0.717) is 42.5 Å². The molecule has 2 fully saturated rings. The zero-order chi connectivity index (χ0) is 42.7. The van der Waals surface area contributed by atoms with Gasteiger partial charge >= 0.3 is 6.09 Å². The van der Waals surface area contributed by atoms with Crippen molar-refractivity contribution in [3.8, 4) is 22.5 Å². The van der Waals surface area contributed by atoms with Crippen molar-refractivity contribution < 1.29 is 24.3 Å². The summed E-state index contributed by atoms with van der Waals surface area (Å²) in [5.74, 6) is -0.174. The summed E-state index contributed by atoms with van der Waals surface area (Å²) in [6.07, 6.45) is 5.91. The third kappa shape index (κ3) is 11.7. The average Bonchev–Trinajstić information content (AvgIpc) is 3.82. The van der Waals surface area contributed by atoms with Gasteiger partial charge in [0.05, 0.1) is 0 Å². The summed E-state index contributed by atoms with van der Waals surface area (Å²) in [5, 5.41) is 34.6. The number of hydrogen-bond donors (Lipinski definition) is 6. The maximum absolute atomic E-state index is 13.8. The number of rotatable bonds is 15. The molecule has 318 valence electrons. The number of carbonyl (C=O) groups is 4. The molecule has 1 aromatic heterocycles. The first kappa shape index (κ1) is 42.7. The predicted molar refractivity (Wildman–Crippen MR) is 233 cm³/mol. The standard InChI is InChI=1S/C47H55N9O5/c1-30-26-37(45(58)49-39-21-23-40(24-22-39)56(2)29-33-6-4-3-5-7-33)18-25-41(30)34-12-8-31(9-13-34)27-42(51-44(57)36-14-10-32(11-15-36)28-48-47(60)61)46(59)50-38-19-16-35(17-20-38)43-52-54-55-53-43/h3-9,12-13,16-20,25-26,32,36,39-40,42,48H,10-11,14-15,21-24,27-29H2,1-2H3,(H,49,58)(H,50,59)(H,51,57)(H,60,61)(H,52,53,54,55)/t32?,36?,39-,40-,42-/m0/s1. The number of aromatic amines is 1. The molecular formula is C47H55N9O5. The molecule has 6 N–H and O–H groups in total. The van der Waals surface area contributed by atoms with Crippen LogP contribution in [0.2, 0.25) is 0 Å². The van der Waals surface area contributed by atoms with Crippen molar-refractivity contribution in [2.75, 3.05) is 18.9 Å². The zero-order valence-corrected chi connectivity index (χ0v) is 34.8. The molecule has 0 unspecified atom stereocenters. The molecule has 2 aliphatic carbocycles. The molecule has 14 nitrogen and oxygen atoms in total. The number of nitrogens with one attached hydrogen (secondary N) is 5. The summed E-state index contributed by atoms with van der Waals surface area (Å²) < 4.78 is 0. The fourth-order valence-electron chi connectivity index (χ4n) is 8.70. The number of benzene rings is 4. The van der Waals surface area contributed by atoms with Crippen LogP contribution in [0.5, 0.6) is 0 Å². The molecule has 0 spiro atoms. The van der Waals surface area contributed by atoms with Gasteiger partial charge in [-0.25, -0.2) is 9.89 Å². The van der Waals surface area contributed by atoms with Crippen molar-refractivity contribution in [3.05, 3.63) is 119 Å². The Labute approximate surface area is 356 Å². The summed E-state index contributed by atoms with van der Waals surface area (Å²) in [6, 6.07) is 31.2. The van der Waals surface area contributed by atoms with Crippen molar-refractivity contribution in [2.24, 2.45) is 11.8 Å². The van der Waals surface area contributed by atoms with Gasteiger partial charge in [-0.05, 0) is 146 Å². The van der Waals surface area contributed by atoms with Gasteiger partial charge in [-0.3, -0.25) is 19.3 Å². The number of amides is 4. The van der Waals surface area contributed by atoms with Crippen LogP contribution in [0.3, 0.4) is 0 Å². The van der Waals surface area contributed by atoms with Crippen LogP contribution < -0.4 is 21.3 Å². The van der Waals surface area contributed by atoms with Gasteiger partial charge in [0.15, 0.2) is 5.82 Å². The van der Waals surface area contributed by atoms with E-state index in [1.807, 2.05) is 55.5 Å². The summed E-state index contributed by atoms with van der Waals surface area (Å²) >= 11 is 0. The Kier molecular flexibility index (Phi) is 14.2. The lowest BCUT2D eigenvalue weighted by Gasteiger charge is -2.35.